The highest BCUT2D eigenvalue weighted by molar-refractivity contribution is 5.34. The molecule has 2 nitrogen and oxygen atoms in total. The van der Waals surface area contributed by atoms with Gasteiger partial charge in [-0.25, -0.2) is 0 Å². The van der Waals surface area contributed by atoms with Crippen molar-refractivity contribution in [2.45, 2.75) is 50.5 Å². The lowest BCUT2D eigenvalue weighted by Crippen LogP contribution is -2.41. The quantitative estimate of drug-likeness (QED) is 0.873. The average molecular weight is 259 g/mol. The predicted molar refractivity (Wildman–Crippen MR) is 78.7 cm³/mol. The first kappa shape index (κ1) is 13.0. The molecule has 3 rings (SSSR count). The second kappa shape index (κ2) is 5.16. The molecule has 2 atom stereocenters. The molecule has 2 aliphatic carbocycles. The van der Waals surface area contributed by atoms with Crippen molar-refractivity contribution in [3.8, 4) is 5.75 Å². The first-order chi connectivity index (χ1) is 9.24. The molecule has 1 N–H and O–H groups in total. The Hall–Kier alpha value is -1.02. The van der Waals surface area contributed by atoms with Gasteiger partial charge in [-0.2, -0.15) is 0 Å². The van der Waals surface area contributed by atoms with Crippen LogP contribution in [0.5, 0.6) is 5.75 Å². The van der Waals surface area contributed by atoms with Crippen LogP contribution < -0.4 is 10.1 Å². The smallest absolute Gasteiger partial charge is 0.118 e. The van der Waals surface area contributed by atoms with Gasteiger partial charge in [0.1, 0.15) is 5.75 Å². The molecule has 1 aromatic rings. The summed E-state index contributed by atoms with van der Waals surface area (Å²) in [4.78, 5) is 0. The van der Waals surface area contributed by atoms with Gasteiger partial charge in [-0.05, 0) is 49.3 Å². The van der Waals surface area contributed by atoms with E-state index in [2.05, 4.69) is 36.5 Å². The molecule has 2 unspecified atom stereocenters. The van der Waals surface area contributed by atoms with Crippen LogP contribution in [-0.2, 0) is 5.41 Å². The van der Waals surface area contributed by atoms with Crippen molar-refractivity contribution in [3.05, 3.63) is 29.8 Å². The van der Waals surface area contributed by atoms with Crippen molar-refractivity contribution < 1.29 is 4.74 Å². The highest BCUT2D eigenvalue weighted by Crippen LogP contribution is 2.45. The van der Waals surface area contributed by atoms with E-state index < -0.39 is 0 Å². The number of hydrogen-bond donors (Lipinski definition) is 1. The Balaban J connectivity index is 1.83. The van der Waals surface area contributed by atoms with Crippen LogP contribution in [0.1, 0.15) is 44.6 Å². The zero-order chi connectivity index (χ0) is 13.3. The molecule has 0 aromatic heterocycles. The highest BCUT2D eigenvalue weighted by Gasteiger charge is 2.42. The fourth-order valence-corrected chi connectivity index (χ4v) is 3.58. The molecule has 0 amide bonds. The number of hydrogen-bond acceptors (Lipinski definition) is 2. The third-order valence-corrected chi connectivity index (χ3v) is 5.15. The van der Waals surface area contributed by atoms with Crippen molar-refractivity contribution in [1.29, 1.82) is 0 Å². The van der Waals surface area contributed by atoms with Crippen molar-refractivity contribution in [3.63, 3.8) is 0 Å². The van der Waals surface area contributed by atoms with Crippen molar-refractivity contribution in [2.75, 3.05) is 13.7 Å². The van der Waals surface area contributed by atoms with Gasteiger partial charge in [-0.3, -0.25) is 0 Å². The Morgan fingerprint density at radius 3 is 2.47 bits per heavy atom. The minimum atomic E-state index is 0.342. The molecule has 2 heteroatoms. The third-order valence-electron chi connectivity index (χ3n) is 5.15. The first-order valence-corrected chi connectivity index (χ1v) is 7.62. The lowest BCUT2D eigenvalue weighted by atomic mass is 9.73. The number of benzene rings is 1. The van der Waals surface area contributed by atoms with E-state index in [4.69, 9.17) is 4.74 Å². The Labute approximate surface area is 116 Å². The van der Waals surface area contributed by atoms with Gasteiger partial charge in [-0.15, -0.1) is 0 Å². The van der Waals surface area contributed by atoms with Crippen molar-refractivity contribution in [2.24, 2.45) is 5.92 Å². The van der Waals surface area contributed by atoms with E-state index in [0.717, 1.165) is 24.3 Å². The Morgan fingerprint density at radius 2 is 1.95 bits per heavy atom. The summed E-state index contributed by atoms with van der Waals surface area (Å²) in [6.07, 6.45) is 6.78. The molecule has 0 radical (unpaired) electrons. The van der Waals surface area contributed by atoms with Gasteiger partial charge in [0, 0.05) is 18.0 Å². The summed E-state index contributed by atoms with van der Waals surface area (Å²) < 4.78 is 5.28. The fraction of sp³-hybridized carbons (Fsp3) is 0.647. The molecule has 0 saturated heterocycles. The SMILES string of the molecule is COc1ccc(C2(CNC3CC3)CCCC2C)cc1. The largest absolute Gasteiger partial charge is 0.497 e. The fourth-order valence-electron chi connectivity index (χ4n) is 3.58. The summed E-state index contributed by atoms with van der Waals surface area (Å²) in [5, 5.41) is 3.77. The summed E-state index contributed by atoms with van der Waals surface area (Å²) in [6, 6.07) is 9.56. The second-order valence-corrected chi connectivity index (χ2v) is 6.33. The third kappa shape index (κ3) is 2.51. The van der Waals surface area contributed by atoms with Crippen LogP contribution in [-0.4, -0.2) is 19.7 Å². The maximum atomic E-state index is 5.28. The van der Waals surface area contributed by atoms with E-state index in [1.54, 1.807) is 7.11 Å². The monoisotopic (exact) mass is 259 g/mol. The van der Waals surface area contributed by atoms with E-state index in [0.29, 0.717) is 5.41 Å². The summed E-state index contributed by atoms with van der Waals surface area (Å²) in [5.41, 5.74) is 1.83. The van der Waals surface area contributed by atoms with Gasteiger partial charge >= 0.3 is 0 Å². The van der Waals surface area contributed by atoms with Gasteiger partial charge in [0.05, 0.1) is 7.11 Å². The molecule has 0 spiro atoms. The molecule has 0 heterocycles. The number of nitrogens with one attached hydrogen (secondary N) is 1. The van der Waals surface area contributed by atoms with E-state index in [1.165, 1.54) is 37.7 Å². The van der Waals surface area contributed by atoms with Crippen molar-refractivity contribution in [1.82, 2.24) is 5.32 Å². The van der Waals surface area contributed by atoms with E-state index in [9.17, 15) is 0 Å². The lowest BCUT2D eigenvalue weighted by Gasteiger charge is -2.35. The van der Waals surface area contributed by atoms with Crippen LogP contribution in [0.4, 0.5) is 0 Å². The van der Waals surface area contributed by atoms with Crippen LogP contribution in [0.15, 0.2) is 24.3 Å². The first-order valence-electron chi connectivity index (χ1n) is 7.62. The molecular weight excluding hydrogens is 234 g/mol. The van der Waals surface area contributed by atoms with Crippen LogP contribution in [0, 0.1) is 5.92 Å². The molecule has 0 aliphatic heterocycles. The summed E-state index contributed by atoms with van der Waals surface area (Å²) in [7, 11) is 1.73. The molecule has 19 heavy (non-hydrogen) atoms. The van der Waals surface area contributed by atoms with Crippen molar-refractivity contribution >= 4 is 0 Å². The zero-order valence-electron chi connectivity index (χ0n) is 12.1. The topological polar surface area (TPSA) is 21.3 Å². The second-order valence-electron chi connectivity index (χ2n) is 6.33. The van der Waals surface area contributed by atoms with E-state index in [-0.39, 0.29) is 0 Å². The number of methoxy groups -OCH3 is 1. The molecule has 2 fully saturated rings. The van der Waals surface area contributed by atoms with Gasteiger partial charge in [0.2, 0.25) is 0 Å². The highest BCUT2D eigenvalue weighted by atomic mass is 16.5. The maximum absolute atomic E-state index is 5.28. The lowest BCUT2D eigenvalue weighted by molar-refractivity contribution is 0.316. The van der Waals surface area contributed by atoms with Gasteiger partial charge in [0.15, 0.2) is 0 Å². The Morgan fingerprint density at radius 1 is 1.21 bits per heavy atom. The minimum absolute atomic E-state index is 0.342. The van der Waals surface area contributed by atoms with Gasteiger partial charge in [-0.1, -0.05) is 25.5 Å². The van der Waals surface area contributed by atoms with E-state index >= 15 is 0 Å². The van der Waals surface area contributed by atoms with Crippen LogP contribution in [0.3, 0.4) is 0 Å². The molecule has 2 saturated carbocycles. The van der Waals surface area contributed by atoms with Gasteiger partial charge in [0.25, 0.3) is 0 Å². The normalized spacial score (nSPS) is 30.5. The molecule has 2 aliphatic rings. The average Bonchev–Trinajstić information content (AvgIpc) is 3.20. The van der Waals surface area contributed by atoms with Gasteiger partial charge < -0.3 is 10.1 Å². The standard InChI is InChI=1S/C17H25NO/c1-13-4-3-11-17(13,12-18-15-7-8-15)14-5-9-16(19-2)10-6-14/h5-6,9-10,13,15,18H,3-4,7-8,11-12H2,1-2H3. The summed E-state index contributed by atoms with van der Waals surface area (Å²) >= 11 is 0. The summed E-state index contributed by atoms with van der Waals surface area (Å²) in [5.74, 6) is 1.73. The molecule has 104 valence electrons. The predicted octanol–water partition coefficient (Wildman–Crippen LogP) is 3.51. The number of rotatable bonds is 5. The molecule has 1 aromatic carbocycles. The van der Waals surface area contributed by atoms with Crippen LogP contribution in [0.2, 0.25) is 0 Å². The minimum Gasteiger partial charge on any atom is -0.497 e. The zero-order valence-corrected chi connectivity index (χ0v) is 12.1. The number of ether oxygens (including phenoxy) is 1. The summed E-state index contributed by atoms with van der Waals surface area (Å²) in [6.45, 7) is 3.57. The maximum Gasteiger partial charge on any atom is 0.118 e. The Bertz CT molecular complexity index is 423. The molecular formula is C17H25NO. The molecule has 0 bridgehead atoms. The van der Waals surface area contributed by atoms with Crippen LogP contribution >= 0.6 is 0 Å². The van der Waals surface area contributed by atoms with E-state index in [1.807, 2.05) is 0 Å². The van der Waals surface area contributed by atoms with Crippen LogP contribution in [0.25, 0.3) is 0 Å². The Kier molecular flexibility index (Phi) is 3.53.